The number of esters is 1. The van der Waals surface area contributed by atoms with Gasteiger partial charge in [-0.1, -0.05) is 0 Å². The van der Waals surface area contributed by atoms with Crippen LogP contribution in [0.1, 0.15) is 17.3 Å². The van der Waals surface area contributed by atoms with Crippen molar-refractivity contribution in [2.75, 3.05) is 6.61 Å². The number of ether oxygens (including phenoxy) is 1. The predicted octanol–water partition coefficient (Wildman–Crippen LogP) is 0.419. The van der Waals surface area contributed by atoms with Crippen LogP contribution in [0.25, 0.3) is 0 Å². The number of nitro benzene ring substituents is 1. The number of nitrogens with zero attached hydrogens (tertiary/aromatic N) is 1. The maximum atomic E-state index is 11.4. The second-order valence-corrected chi connectivity index (χ2v) is 4.80. The molecule has 0 aromatic heterocycles. The Balaban J connectivity index is 3.41. The Morgan fingerprint density at radius 3 is 2.50 bits per heavy atom. The van der Waals surface area contributed by atoms with E-state index in [9.17, 15) is 23.3 Å². The van der Waals surface area contributed by atoms with E-state index in [0.717, 1.165) is 18.2 Å². The quantitative estimate of drug-likeness (QED) is 0.481. The lowest BCUT2D eigenvalue weighted by molar-refractivity contribution is -0.385. The summed E-state index contributed by atoms with van der Waals surface area (Å²) in [7, 11) is -4.14. The van der Waals surface area contributed by atoms with Crippen LogP contribution in [0.4, 0.5) is 5.69 Å². The second-order valence-electron chi connectivity index (χ2n) is 3.24. The Bertz CT molecular complexity index is 595. The number of rotatable bonds is 4. The third-order valence-corrected chi connectivity index (χ3v) is 2.83. The zero-order valence-electron chi connectivity index (χ0n) is 9.32. The van der Waals surface area contributed by atoms with Crippen molar-refractivity contribution in [1.82, 2.24) is 0 Å². The van der Waals surface area contributed by atoms with Crippen LogP contribution >= 0.6 is 0 Å². The average Bonchev–Trinajstić information content (AvgIpc) is 2.27. The summed E-state index contributed by atoms with van der Waals surface area (Å²) in [4.78, 5) is 20.7. The van der Waals surface area contributed by atoms with E-state index in [1.807, 2.05) is 0 Å². The summed E-state index contributed by atoms with van der Waals surface area (Å²) in [5.41, 5.74) is -0.792. The molecule has 98 valence electrons. The molecule has 0 saturated carbocycles. The third-order valence-electron chi connectivity index (χ3n) is 1.94. The number of nitro groups is 1. The normalized spacial score (nSPS) is 11.0. The summed E-state index contributed by atoms with van der Waals surface area (Å²) in [6.07, 6.45) is 0. The third kappa shape index (κ3) is 3.25. The molecule has 2 N–H and O–H groups in total. The van der Waals surface area contributed by atoms with Crippen molar-refractivity contribution in [3.8, 4) is 0 Å². The van der Waals surface area contributed by atoms with Crippen LogP contribution in [0.2, 0.25) is 0 Å². The van der Waals surface area contributed by atoms with Gasteiger partial charge in [0.2, 0.25) is 10.0 Å². The number of hydrogen-bond acceptors (Lipinski definition) is 6. The first-order valence-electron chi connectivity index (χ1n) is 4.75. The van der Waals surface area contributed by atoms with Crippen LogP contribution in [0, 0.1) is 10.1 Å². The van der Waals surface area contributed by atoms with Crippen LogP contribution < -0.4 is 5.14 Å². The van der Waals surface area contributed by atoms with E-state index in [4.69, 9.17) is 5.14 Å². The van der Waals surface area contributed by atoms with Gasteiger partial charge in [0, 0.05) is 12.1 Å². The van der Waals surface area contributed by atoms with E-state index in [0.29, 0.717) is 0 Å². The molecule has 0 atom stereocenters. The maximum Gasteiger partial charge on any atom is 0.338 e. The molecule has 0 aliphatic rings. The van der Waals surface area contributed by atoms with Crippen LogP contribution in [-0.2, 0) is 14.8 Å². The summed E-state index contributed by atoms with van der Waals surface area (Å²) in [5, 5.41) is 15.5. The van der Waals surface area contributed by atoms with Gasteiger partial charge < -0.3 is 4.74 Å². The lowest BCUT2D eigenvalue weighted by Crippen LogP contribution is -2.14. The van der Waals surface area contributed by atoms with Crippen molar-refractivity contribution in [2.24, 2.45) is 5.14 Å². The van der Waals surface area contributed by atoms with Gasteiger partial charge in [0.05, 0.1) is 22.0 Å². The minimum absolute atomic E-state index is 0.0617. The highest BCUT2D eigenvalue weighted by Crippen LogP contribution is 2.20. The predicted molar refractivity (Wildman–Crippen MR) is 60.4 cm³/mol. The fourth-order valence-corrected chi connectivity index (χ4v) is 1.76. The molecule has 0 radical (unpaired) electrons. The molecule has 8 nitrogen and oxygen atoms in total. The average molecular weight is 274 g/mol. The summed E-state index contributed by atoms with van der Waals surface area (Å²) in [6.45, 7) is 1.61. The molecule has 0 heterocycles. The van der Waals surface area contributed by atoms with E-state index in [1.165, 1.54) is 0 Å². The number of carbonyl (C=O) groups is 1. The molecule has 0 bridgehead atoms. The van der Waals surface area contributed by atoms with E-state index < -0.39 is 31.5 Å². The fraction of sp³-hybridized carbons (Fsp3) is 0.222. The molecule has 0 fully saturated rings. The molecule has 1 aromatic rings. The zero-order chi connectivity index (χ0) is 13.9. The van der Waals surface area contributed by atoms with Gasteiger partial charge >= 0.3 is 5.97 Å². The minimum Gasteiger partial charge on any atom is -0.462 e. The lowest BCUT2D eigenvalue weighted by atomic mass is 10.2. The summed E-state index contributed by atoms with van der Waals surface area (Å²) in [5.74, 6) is -0.855. The molecule has 9 heteroatoms. The summed E-state index contributed by atoms with van der Waals surface area (Å²) >= 11 is 0. The number of sulfonamides is 1. The molecule has 0 aliphatic heterocycles. The van der Waals surface area contributed by atoms with Gasteiger partial charge in [-0.3, -0.25) is 10.1 Å². The molecule has 0 unspecified atom stereocenters. The molecular weight excluding hydrogens is 264 g/mol. The molecule has 1 aromatic carbocycles. The van der Waals surface area contributed by atoms with E-state index >= 15 is 0 Å². The van der Waals surface area contributed by atoms with E-state index in [-0.39, 0.29) is 12.2 Å². The minimum atomic E-state index is -4.14. The van der Waals surface area contributed by atoms with Crippen molar-refractivity contribution in [3.05, 3.63) is 33.9 Å². The van der Waals surface area contributed by atoms with Crippen LogP contribution in [0.5, 0.6) is 0 Å². The topological polar surface area (TPSA) is 130 Å². The Kier molecular flexibility index (Phi) is 3.99. The Morgan fingerprint density at radius 2 is 2.06 bits per heavy atom. The first-order chi connectivity index (χ1) is 8.25. The number of non-ortho nitro benzene ring substituents is 1. The van der Waals surface area contributed by atoms with Gasteiger partial charge in [-0.25, -0.2) is 18.4 Å². The molecule has 0 amide bonds. The van der Waals surface area contributed by atoms with Crippen LogP contribution in [0.3, 0.4) is 0 Å². The summed E-state index contributed by atoms with van der Waals surface area (Å²) in [6, 6.07) is 2.63. The van der Waals surface area contributed by atoms with Gasteiger partial charge in [0.25, 0.3) is 5.69 Å². The summed E-state index contributed by atoms with van der Waals surface area (Å²) < 4.78 is 26.9. The first kappa shape index (κ1) is 14.1. The van der Waals surface area contributed by atoms with E-state index in [2.05, 4.69) is 4.74 Å². The van der Waals surface area contributed by atoms with Gasteiger partial charge in [-0.2, -0.15) is 0 Å². The first-order valence-corrected chi connectivity index (χ1v) is 6.29. The maximum absolute atomic E-state index is 11.4. The van der Waals surface area contributed by atoms with Crippen molar-refractivity contribution in [1.29, 1.82) is 0 Å². The van der Waals surface area contributed by atoms with Gasteiger partial charge in [0.15, 0.2) is 0 Å². The molecule has 18 heavy (non-hydrogen) atoms. The zero-order valence-corrected chi connectivity index (χ0v) is 10.1. The van der Waals surface area contributed by atoms with E-state index in [1.54, 1.807) is 6.92 Å². The molecule has 1 rings (SSSR count). The van der Waals surface area contributed by atoms with Crippen molar-refractivity contribution >= 4 is 21.7 Å². The molecule has 0 spiro atoms. The number of primary sulfonamides is 1. The van der Waals surface area contributed by atoms with Crippen molar-refractivity contribution < 1.29 is 22.9 Å². The highest BCUT2D eigenvalue weighted by Gasteiger charge is 2.19. The Morgan fingerprint density at radius 1 is 1.44 bits per heavy atom. The molecule has 0 aliphatic carbocycles. The SMILES string of the molecule is CCOC(=O)c1cc([N+](=O)[O-])cc(S(N)(=O)=O)c1. The smallest absolute Gasteiger partial charge is 0.338 e. The van der Waals surface area contributed by atoms with Crippen molar-refractivity contribution in [3.63, 3.8) is 0 Å². The standard InChI is InChI=1S/C9H10N2O6S/c1-2-17-9(12)6-3-7(11(13)14)5-8(4-6)18(10,15)16/h3-5H,2H2,1H3,(H2,10,15,16). The number of hydrogen-bond donors (Lipinski definition) is 1. The van der Waals surface area contributed by atoms with Gasteiger partial charge in [-0.05, 0) is 13.0 Å². The molecule has 0 saturated heterocycles. The van der Waals surface area contributed by atoms with Gasteiger partial charge in [-0.15, -0.1) is 0 Å². The Labute approximate surface area is 103 Å². The largest absolute Gasteiger partial charge is 0.462 e. The highest BCUT2D eigenvalue weighted by atomic mass is 32.2. The van der Waals surface area contributed by atoms with Crippen molar-refractivity contribution in [2.45, 2.75) is 11.8 Å². The second kappa shape index (κ2) is 5.10. The van der Waals surface area contributed by atoms with Crippen LogP contribution in [0.15, 0.2) is 23.1 Å². The fourth-order valence-electron chi connectivity index (χ4n) is 1.19. The van der Waals surface area contributed by atoms with Gasteiger partial charge in [0.1, 0.15) is 0 Å². The lowest BCUT2D eigenvalue weighted by Gasteiger charge is -2.04. The number of benzene rings is 1. The number of nitrogens with two attached hydrogens (primary N) is 1. The number of carbonyl (C=O) groups excluding carboxylic acids is 1. The highest BCUT2D eigenvalue weighted by molar-refractivity contribution is 7.89. The Hall–Kier alpha value is -2.00. The molecular formula is C9H10N2O6S. The van der Waals surface area contributed by atoms with Crippen LogP contribution in [-0.4, -0.2) is 25.9 Å². The monoisotopic (exact) mass is 274 g/mol.